The zero-order valence-electron chi connectivity index (χ0n) is 19.8. The van der Waals surface area contributed by atoms with Gasteiger partial charge in [0.15, 0.2) is 6.19 Å². The molecule has 2 aromatic carbocycles. The van der Waals surface area contributed by atoms with E-state index in [9.17, 15) is 10.1 Å². The molecule has 2 aromatic rings. The summed E-state index contributed by atoms with van der Waals surface area (Å²) in [6.07, 6.45) is 7.97. The molecule has 0 radical (unpaired) electrons. The molecule has 0 spiro atoms. The molecule has 2 aliphatic rings. The first-order chi connectivity index (χ1) is 16.6. The lowest BCUT2D eigenvalue weighted by molar-refractivity contribution is 0.0932. The lowest BCUT2D eigenvalue weighted by Crippen LogP contribution is -2.45. The average molecular weight is 460 g/mol. The van der Waals surface area contributed by atoms with Crippen LogP contribution in [0.4, 0.5) is 0 Å². The molecule has 0 aromatic heterocycles. The predicted molar refractivity (Wildman–Crippen MR) is 133 cm³/mol. The summed E-state index contributed by atoms with van der Waals surface area (Å²) in [5.74, 6) is 1.16. The Morgan fingerprint density at radius 3 is 2.47 bits per heavy atom. The Bertz CT molecular complexity index is 1030. The summed E-state index contributed by atoms with van der Waals surface area (Å²) in [6.45, 7) is 2.45. The molecule has 1 heterocycles. The van der Waals surface area contributed by atoms with E-state index in [0.29, 0.717) is 23.8 Å². The van der Waals surface area contributed by atoms with Gasteiger partial charge in [0.05, 0.1) is 18.7 Å². The van der Waals surface area contributed by atoms with Crippen molar-refractivity contribution < 1.29 is 9.53 Å². The van der Waals surface area contributed by atoms with Crippen molar-refractivity contribution >= 4 is 11.9 Å². The number of para-hydroxylation sites is 1. The number of ether oxygens (including phenoxy) is 1. The number of guanidine groups is 1. The maximum atomic E-state index is 13.0. The second kappa shape index (κ2) is 11.1. The van der Waals surface area contributed by atoms with E-state index in [1.54, 1.807) is 19.2 Å². The van der Waals surface area contributed by atoms with Gasteiger partial charge >= 0.3 is 0 Å². The molecular weight excluding hydrogens is 426 g/mol. The van der Waals surface area contributed by atoms with Gasteiger partial charge in [-0.25, -0.2) is 4.99 Å². The number of carbonyl (C=O) groups is 1. The van der Waals surface area contributed by atoms with E-state index >= 15 is 0 Å². The molecule has 2 N–H and O–H groups in total. The Kier molecular flexibility index (Phi) is 7.69. The number of likely N-dealkylation sites (tertiary alicyclic amines) is 1. The Labute approximate surface area is 201 Å². The van der Waals surface area contributed by atoms with Gasteiger partial charge in [-0.1, -0.05) is 42.5 Å². The summed E-state index contributed by atoms with van der Waals surface area (Å²) in [4.78, 5) is 20.1. The Morgan fingerprint density at radius 2 is 1.79 bits per heavy atom. The molecule has 34 heavy (non-hydrogen) atoms. The van der Waals surface area contributed by atoms with Gasteiger partial charge in [-0.3, -0.25) is 10.1 Å². The van der Waals surface area contributed by atoms with E-state index in [-0.39, 0.29) is 17.4 Å². The van der Waals surface area contributed by atoms with Gasteiger partial charge in [-0.15, -0.1) is 0 Å². The molecule has 1 aliphatic heterocycles. The van der Waals surface area contributed by atoms with Crippen LogP contribution in [0.3, 0.4) is 0 Å². The molecule has 4 rings (SSSR count). The lowest BCUT2D eigenvalue weighted by Gasteiger charge is -2.40. The molecule has 0 atom stereocenters. The van der Waals surface area contributed by atoms with Gasteiger partial charge in [0.25, 0.3) is 5.91 Å². The Hall–Kier alpha value is -3.53. The zero-order valence-corrected chi connectivity index (χ0v) is 19.8. The first kappa shape index (κ1) is 23.6. The summed E-state index contributed by atoms with van der Waals surface area (Å²) >= 11 is 0. The highest BCUT2D eigenvalue weighted by Crippen LogP contribution is 2.40. The van der Waals surface area contributed by atoms with Crippen molar-refractivity contribution in [1.82, 2.24) is 15.5 Å². The zero-order chi connectivity index (χ0) is 23.8. The third-order valence-electron chi connectivity index (χ3n) is 7.12. The lowest BCUT2D eigenvalue weighted by atomic mass is 9.68. The Balaban J connectivity index is 1.49. The summed E-state index contributed by atoms with van der Waals surface area (Å²) < 4.78 is 5.37. The molecule has 1 amide bonds. The predicted octanol–water partition coefficient (Wildman–Crippen LogP) is 3.83. The first-order valence-corrected chi connectivity index (χ1v) is 12.1. The van der Waals surface area contributed by atoms with Crippen LogP contribution < -0.4 is 15.4 Å². The minimum absolute atomic E-state index is 0.123. The number of carbonyl (C=O) groups excluding carboxylic acids is 1. The van der Waals surface area contributed by atoms with Gasteiger partial charge in [0, 0.05) is 25.0 Å². The van der Waals surface area contributed by atoms with E-state index in [2.05, 4.69) is 46.0 Å². The minimum Gasteiger partial charge on any atom is -0.496 e. The molecule has 1 saturated carbocycles. The fourth-order valence-electron chi connectivity index (χ4n) is 5.17. The highest BCUT2D eigenvalue weighted by molar-refractivity contribution is 5.97. The molecular formula is C27H33N5O2. The van der Waals surface area contributed by atoms with Crippen LogP contribution in [0, 0.1) is 11.5 Å². The number of hydrogen-bond donors (Lipinski definition) is 2. The SMILES string of the molecule is COc1ccccc1C(=O)NCC1(c2ccccc2)CCC(N=C(NC#N)N2CCCC2)CC1. The van der Waals surface area contributed by atoms with Gasteiger partial charge in [-0.05, 0) is 56.2 Å². The standard InChI is InChI=1S/C27H33N5O2/c1-34-24-12-6-5-11-23(24)25(33)29-19-27(21-9-3-2-4-10-21)15-13-22(14-16-27)31-26(30-20-28)32-17-7-8-18-32/h2-6,9-12,22H,7-8,13-19H2,1H3,(H,29,33)(H,30,31). The summed E-state index contributed by atoms with van der Waals surface area (Å²) in [5.41, 5.74) is 1.64. The number of methoxy groups -OCH3 is 1. The van der Waals surface area contributed by atoms with Crippen molar-refractivity contribution in [2.75, 3.05) is 26.7 Å². The van der Waals surface area contributed by atoms with Crippen molar-refractivity contribution in [3.8, 4) is 11.9 Å². The van der Waals surface area contributed by atoms with Crippen molar-refractivity contribution in [3.05, 3.63) is 65.7 Å². The van der Waals surface area contributed by atoms with Crippen molar-refractivity contribution in [2.24, 2.45) is 4.99 Å². The fourth-order valence-corrected chi connectivity index (χ4v) is 5.17. The topological polar surface area (TPSA) is 89.7 Å². The molecule has 0 bridgehead atoms. The average Bonchev–Trinajstić information content (AvgIpc) is 3.43. The normalized spacial score (nSPS) is 22.6. The number of rotatable bonds is 6. The van der Waals surface area contributed by atoms with E-state index in [4.69, 9.17) is 9.73 Å². The maximum Gasteiger partial charge on any atom is 0.255 e. The van der Waals surface area contributed by atoms with Crippen LogP contribution in [-0.4, -0.2) is 49.6 Å². The molecule has 7 nitrogen and oxygen atoms in total. The number of nitrogens with one attached hydrogen (secondary N) is 2. The van der Waals surface area contributed by atoms with Gasteiger partial charge < -0.3 is 15.0 Å². The molecule has 2 fully saturated rings. The largest absolute Gasteiger partial charge is 0.496 e. The van der Waals surface area contributed by atoms with Crippen molar-refractivity contribution in [2.45, 2.75) is 50.0 Å². The van der Waals surface area contributed by atoms with E-state index in [1.165, 1.54) is 5.56 Å². The number of benzene rings is 2. The summed E-state index contributed by atoms with van der Waals surface area (Å²) in [5, 5.41) is 15.2. The van der Waals surface area contributed by atoms with Gasteiger partial charge in [0.2, 0.25) is 5.96 Å². The number of nitrogens with zero attached hydrogens (tertiary/aromatic N) is 3. The number of amides is 1. The number of hydrogen-bond acceptors (Lipinski definition) is 4. The molecule has 1 aliphatic carbocycles. The van der Waals surface area contributed by atoms with Crippen LogP contribution >= 0.6 is 0 Å². The highest BCUT2D eigenvalue weighted by Gasteiger charge is 2.37. The van der Waals surface area contributed by atoms with Crippen LogP contribution in [0.15, 0.2) is 59.6 Å². The third-order valence-corrected chi connectivity index (χ3v) is 7.12. The molecule has 0 unspecified atom stereocenters. The molecule has 1 saturated heterocycles. The van der Waals surface area contributed by atoms with Crippen LogP contribution in [0.1, 0.15) is 54.4 Å². The molecule has 7 heteroatoms. The monoisotopic (exact) mass is 459 g/mol. The van der Waals surface area contributed by atoms with Gasteiger partial charge in [0.1, 0.15) is 5.75 Å². The first-order valence-electron chi connectivity index (χ1n) is 12.1. The fraction of sp³-hybridized carbons (Fsp3) is 0.444. The number of nitriles is 1. The number of aliphatic imine (C=N–C) groups is 1. The molecule has 178 valence electrons. The van der Waals surface area contributed by atoms with Crippen molar-refractivity contribution in [3.63, 3.8) is 0 Å². The van der Waals surface area contributed by atoms with Crippen LogP contribution in [0.2, 0.25) is 0 Å². The van der Waals surface area contributed by atoms with Crippen LogP contribution in [-0.2, 0) is 5.41 Å². The van der Waals surface area contributed by atoms with Crippen molar-refractivity contribution in [1.29, 1.82) is 5.26 Å². The smallest absolute Gasteiger partial charge is 0.255 e. The third kappa shape index (κ3) is 5.33. The summed E-state index contributed by atoms with van der Waals surface area (Å²) in [7, 11) is 1.58. The van der Waals surface area contributed by atoms with E-state index in [0.717, 1.165) is 51.6 Å². The maximum absolute atomic E-state index is 13.0. The van der Waals surface area contributed by atoms with Crippen LogP contribution in [0.25, 0.3) is 0 Å². The Morgan fingerprint density at radius 1 is 1.12 bits per heavy atom. The van der Waals surface area contributed by atoms with Gasteiger partial charge in [-0.2, -0.15) is 5.26 Å². The highest BCUT2D eigenvalue weighted by atomic mass is 16.5. The summed E-state index contributed by atoms with van der Waals surface area (Å²) in [6, 6.07) is 17.9. The second-order valence-corrected chi connectivity index (χ2v) is 9.14. The van der Waals surface area contributed by atoms with E-state index < -0.39 is 0 Å². The second-order valence-electron chi connectivity index (χ2n) is 9.14. The van der Waals surface area contributed by atoms with Crippen LogP contribution in [0.5, 0.6) is 5.75 Å². The quantitative estimate of drug-likeness (QED) is 0.297. The van der Waals surface area contributed by atoms with E-state index in [1.807, 2.05) is 18.2 Å². The minimum atomic E-state index is -0.151.